The van der Waals surface area contributed by atoms with Crippen LogP contribution in [0.2, 0.25) is 0 Å². The summed E-state index contributed by atoms with van der Waals surface area (Å²) in [5.41, 5.74) is 2.57. The number of nitrogens with zero attached hydrogens (tertiary/aromatic N) is 2. The molecule has 5 nitrogen and oxygen atoms in total. The summed E-state index contributed by atoms with van der Waals surface area (Å²) >= 11 is 1.61. The summed E-state index contributed by atoms with van der Waals surface area (Å²) in [6.45, 7) is 1.02. The molecule has 0 saturated carbocycles. The maximum atomic E-state index is 13.1. The van der Waals surface area contributed by atoms with Crippen molar-refractivity contribution in [2.45, 2.75) is 17.9 Å². The van der Waals surface area contributed by atoms with Gasteiger partial charge in [0, 0.05) is 24.5 Å². The largest absolute Gasteiger partial charge is 0.337 e. The molecule has 0 unspecified atom stereocenters. The third-order valence-electron chi connectivity index (χ3n) is 5.08. The van der Waals surface area contributed by atoms with Crippen LogP contribution in [0.4, 0.5) is 5.69 Å². The molecule has 0 atom stereocenters. The van der Waals surface area contributed by atoms with Crippen molar-refractivity contribution in [2.24, 2.45) is 0 Å². The van der Waals surface area contributed by atoms with Gasteiger partial charge in [-0.05, 0) is 53.3 Å². The molecule has 0 radical (unpaired) electrons. The average Bonchev–Trinajstić information content (AvgIpc) is 3.42. The number of fused-ring (bicyclic) bond motifs is 1. The van der Waals surface area contributed by atoms with Crippen LogP contribution in [-0.2, 0) is 27.8 Å². The lowest BCUT2D eigenvalue weighted by molar-refractivity contribution is -0.125. The lowest BCUT2D eigenvalue weighted by Crippen LogP contribution is -2.29. The number of rotatable bonds is 6. The molecule has 2 aromatic carbocycles. The van der Waals surface area contributed by atoms with E-state index in [1.165, 1.54) is 10.4 Å². The Kier molecular flexibility index (Phi) is 5.74. The van der Waals surface area contributed by atoms with Gasteiger partial charge in [-0.25, -0.2) is 8.42 Å². The Bertz CT molecular complexity index is 1170. The summed E-state index contributed by atoms with van der Waals surface area (Å²) in [7, 11) is -1.85. The van der Waals surface area contributed by atoms with Gasteiger partial charge in [0.2, 0.25) is 5.91 Å². The Morgan fingerprint density at radius 3 is 2.60 bits per heavy atom. The number of para-hydroxylation sites is 1. The van der Waals surface area contributed by atoms with Crippen LogP contribution >= 0.6 is 11.3 Å². The smallest absolute Gasteiger partial charge is 0.264 e. The predicted octanol–water partition coefficient (Wildman–Crippen LogP) is 4.17. The Labute approximate surface area is 180 Å². The number of likely N-dealkylation sites (N-methyl/N-ethyl adjacent to an activating group) is 1. The van der Waals surface area contributed by atoms with Crippen LogP contribution in [0, 0.1) is 0 Å². The van der Waals surface area contributed by atoms with E-state index in [0.29, 0.717) is 13.1 Å². The molecule has 1 aromatic heterocycles. The van der Waals surface area contributed by atoms with Crippen molar-refractivity contribution in [2.75, 3.05) is 17.9 Å². The van der Waals surface area contributed by atoms with Crippen LogP contribution < -0.4 is 4.31 Å². The van der Waals surface area contributed by atoms with Gasteiger partial charge in [0.05, 0.1) is 17.1 Å². The molecule has 0 fully saturated rings. The fourth-order valence-corrected chi connectivity index (χ4v) is 5.71. The summed E-state index contributed by atoms with van der Waals surface area (Å²) in [5, 5.41) is 1.99. The monoisotopic (exact) mass is 438 g/mol. The van der Waals surface area contributed by atoms with Gasteiger partial charge in [0.1, 0.15) is 0 Å². The number of carbonyl (C=O) groups is 1. The normalized spacial score (nSPS) is 13.6. The van der Waals surface area contributed by atoms with Crippen molar-refractivity contribution >= 4 is 39.0 Å². The molecule has 1 aliphatic heterocycles. The number of sulfonamides is 1. The second-order valence-electron chi connectivity index (χ2n) is 7.13. The average molecular weight is 439 g/mol. The topological polar surface area (TPSA) is 57.7 Å². The fourth-order valence-electron chi connectivity index (χ4n) is 3.44. The summed E-state index contributed by atoms with van der Waals surface area (Å²) in [5.74, 6) is -0.103. The number of benzene rings is 2. The molecule has 154 valence electrons. The zero-order chi connectivity index (χ0) is 21.1. The van der Waals surface area contributed by atoms with Gasteiger partial charge in [-0.15, -0.1) is 11.3 Å². The van der Waals surface area contributed by atoms with E-state index in [1.54, 1.807) is 53.6 Å². The Balaban J connectivity index is 1.45. The molecule has 0 bridgehead atoms. The SMILES string of the molecule is CN(Cc1cccs1)C(=O)/C=C/c1ccc(S(=O)(=O)N2CCc3ccccc32)cc1. The minimum absolute atomic E-state index is 0.103. The first-order valence-corrected chi connectivity index (χ1v) is 11.9. The van der Waals surface area contributed by atoms with Crippen LogP contribution in [0.15, 0.2) is 77.0 Å². The van der Waals surface area contributed by atoms with E-state index < -0.39 is 10.0 Å². The molecule has 0 aliphatic carbocycles. The van der Waals surface area contributed by atoms with E-state index in [1.807, 2.05) is 41.8 Å². The van der Waals surface area contributed by atoms with E-state index in [9.17, 15) is 13.2 Å². The first-order valence-electron chi connectivity index (χ1n) is 9.61. The number of amides is 1. The fraction of sp³-hybridized carbons (Fsp3) is 0.174. The maximum absolute atomic E-state index is 13.1. The second-order valence-corrected chi connectivity index (χ2v) is 10.0. The van der Waals surface area contributed by atoms with Crippen molar-refractivity contribution < 1.29 is 13.2 Å². The van der Waals surface area contributed by atoms with Gasteiger partial charge in [-0.1, -0.05) is 36.4 Å². The molecule has 1 amide bonds. The van der Waals surface area contributed by atoms with E-state index >= 15 is 0 Å². The molecule has 7 heteroatoms. The molecule has 4 rings (SSSR count). The number of anilines is 1. The van der Waals surface area contributed by atoms with Crippen LogP contribution in [0.3, 0.4) is 0 Å². The highest BCUT2D eigenvalue weighted by atomic mass is 32.2. The number of thiophene rings is 1. The molecule has 1 aliphatic rings. The summed E-state index contributed by atoms with van der Waals surface area (Å²) in [4.78, 5) is 15.3. The van der Waals surface area contributed by atoms with Crippen LogP contribution in [0.5, 0.6) is 0 Å². The maximum Gasteiger partial charge on any atom is 0.264 e. The van der Waals surface area contributed by atoms with E-state index in [-0.39, 0.29) is 10.8 Å². The highest BCUT2D eigenvalue weighted by Gasteiger charge is 2.30. The minimum atomic E-state index is -3.61. The number of hydrogen-bond acceptors (Lipinski definition) is 4. The molecular formula is C23H22N2O3S2. The molecular weight excluding hydrogens is 416 g/mol. The Morgan fingerprint density at radius 1 is 1.10 bits per heavy atom. The highest BCUT2D eigenvalue weighted by molar-refractivity contribution is 7.92. The minimum Gasteiger partial charge on any atom is -0.337 e. The van der Waals surface area contributed by atoms with Crippen molar-refractivity contribution in [1.82, 2.24) is 4.90 Å². The van der Waals surface area contributed by atoms with Gasteiger partial charge in [0.25, 0.3) is 10.0 Å². The molecule has 0 N–H and O–H groups in total. The van der Waals surface area contributed by atoms with Crippen molar-refractivity contribution in [3.8, 4) is 0 Å². The summed E-state index contributed by atoms with van der Waals surface area (Å²) in [6.07, 6.45) is 3.93. The standard InChI is InChI=1S/C23H22N2O3S2/c1-24(17-20-6-4-16-29-20)23(26)13-10-18-8-11-21(12-9-18)30(27,28)25-15-14-19-5-2-3-7-22(19)25/h2-13,16H,14-15,17H2,1H3/b13-10+. The highest BCUT2D eigenvalue weighted by Crippen LogP contribution is 2.32. The lowest BCUT2D eigenvalue weighted by Gasteiger charge is -2.19. The molecule has 3 aromatic rings. The molecule has 0 saturated heterocycles. The first-order chi connectivity index (χ1) is 14.4. The summed E-state index contributed by atoms with van der Waals surface area (Å²) in [6, 6.07) is 18.2. The van der Waals surface area contributed by atoms with Gasteiger partial charge in [0.15, 0.2) is 0 Å². The molecule has 30 heavy (non-hydrogen) atoms. The predicted molar refractivity (Wildman–Crippen MR) is 121 cm³/mol. The van der Waals surface area contributed by atoms with E-state index in [4.69, 9.17) is 0 Å². The van der Waals surface area contributed by atoms with Crippen LogP contribution in [0.25, 0.3) is 6.08 Å². The van der Waals surface area contributed by atoms with Crippen molar-refractivity contribution in [3.63, 3.8) is 0 Å². The van der Waals surface area contributed by atoms with E-state index in [0.717, 1.165) is 28.1 Å². The van der Waals surface area contributed by atoms with Gasteiger partial charge in [-0.3, -0.25) is 9.10 Å². The molecule has 0 spiro atoms. The summed E-state index contributed by atoms with van der Waals surface area (Å²) < 4.78 is 27.6. The quantitative estimate of drug-likeness (QED) is 0.543. The Morgan fingerprint density at radius 2 is 1.87 bits per heavy atom. The second kappa shape index (κ2) is 8.45. The lowest BCUT2D eigenvalue weighted by atomic mass is 10.2. The third kappa shape index (κ3) is 4.17. The van der Waals surface area contributed by atoms with Gasteiger partial charge < -0.3 is 4.90 Å². The molecule has 2 heterocycles. The van der Waals surface area contributed by atoms with E-state index in [2.05, 4.69) is 0 Å². The first kappa shape index (κ1) is 20.4. The zero-order valence-electron chi connectivity index (χ0n) is 16.6. The Hall–Kier alpha value is -2.90. The van der Waals surface area contributed by atoms with Crippen molar-refractivity contribution in [3.05, 3.63) is 88.1 Å². The number of hydrogen-bond donors (Lipinski definition) is 0. The third-order valence-corrected chi connectivity index (χ3v) is 7.77. The zero-order valence-corrected chi connectivity index (χ0v) is 18.2. The van der Waals surface area contributed by atoms with Gasteiger partial charge >= 0.3 is 0 Å². The van der Waals surface area contributed by atoms with Gasteiger partial charge in [-0.2, -0.15) is 0 Å². The van der Waals surface area contributed by atoms with Crippen LogP contribution in [-0.4, -0.2) is 32.8 Å². The number of carbonyl (C=O) groups excluding carboxylic acids is 1. The van der Waals surface area contributed by atoms with Crippen molar-refractivity contribution in [1.29, 1.82) is 0 Å². The van der Waals surface area contributed by atoms with Crippen LogP contribution in [0.1, 0.15) is 16.0 Å².